The van der Waals surface area contributed by atoms with Crippen molar-refractivity contribution >= 4 is 5.78 Å². The van der Waals surface area contributed by atoms with Gasteiger partial charge in [-0.1, -0.05) is 0 Å². The minimum absolute atomic E-state index is 0.352. The molecule has 0 saturated heterocycles. The van der Waals surface area contributed by atoms with Crippen LogP contribution in [0.4, 0.5) is 0 Å². The first-order valence-electron chi connectivity index (χ1n) is 6.71. The van der Waals surface area contributed by atoms with Gasteiger partial charge in [0.05, 0.1) is 0 Å². The molecule has 0 amide bonds. The van der Waals surface area contributed by atoms with Gasteiger partial charge in [-0.05, 0) is 61.5 Å². The maximum Gasteiger partial charge on any atom is 0.168 e. The van der Waals surface area contributed by atoms with E-state index in [9.17, 15) is 4.79 Å². The Morgan fingerprint density at radius 1 is 1.24 bits per heavy atom. The number of hydrogen-bond donors (Lipinski definition) is 0. The van der Waals surface area contributed by atoms with Crippen molar-refractivity contribution in [3.63, 3.8) is 0 Å². The molecular weight excluding hydrogens is 210 g/mol. The van der Waals surface area contributed by atoms with Gasteiger partial charge < -0.3 is 0 Å². The van der Waals surface area contributed by atoms with E-state index in [1.165, 1.54) is 19.3 Å². The second-order valence-corrected chi connectivity index (χ2v) is 6.13. The highest BCUT2D eigenvalue weighted by Gasteiger charge is 2.67. The third-order valence-electron chi connectivity index (χ3n) is 5.20. The molecule has 3 saturated carbocycles. The molecule has 4 unspecified atom stereocenters. The summed E-state index contributed by atoms with van der Waals surface area (Å²) in [5.41, 5.74) is 1.92. The van der Waals surface area contributed by atoms with Crippen molar-refractivity contribution in [2.75, 3.05) is 0 Å². The molecule has 0 N–H and O–H groups in total. The summed E-state index contributed by atoms with van der Waals surface area (Å²) in [6.45, 7) is 2.00. The molecule has 0 spiro atoms. The largest absolute Gasteiger partial charge is 0.294 e. The highest BCUT2D eigenvalue weighted by atomic mass is 16.1. The number of carbonyl (C=O) groups is 1. The predicted octanol–water partition coefficient (Wildman–Crippen LogP) is 2.86. The predicted molar refractivity (Wildman–Crippen MR) is 64.6 cm³/mol. The molecule has 3 aliphatic carbocycles. The lowest BCUT2D eigenvalue weighted by molar-refractivity contribution is 0.0944. The normalized spacial score (nSPS) is 41.4. The third kappa shape index (κ3) is 1.27. The topological polar surface area (TPSA) is 30.0 Å². The van der Waals surface area contributed by atoms with Crippen molar-refractivity contribution < 1.29 is 4.79 Å². The van der Waals surface area contributed by atoms with Crippen molar-refractivity contribution in [2.45, 2.75) is 26.2 Å². The minimum Gasteiger partial charge on any atom is -0.294 e. The van der Waals surface area contributed by atoms with Crippen LogP contribution in [0.2, 0.25) is 0 Å². The Hall–Kier alpha value is -1.18. The Bertz CT molecular complexity index is 479. The lowest BCUT2D eigenvalue weighted by Crippen LogP contribution is -2.10. The van der Waals surface area contributed by atoms with E-state index in [-0.39, 0.29) is 0 Å². The van der Waals surface area contributed by atoms with E-state index in [0.717, 1.165) is 34.8 Å². The number of carbonyl (C=O) groups excluding carboxylic acids is 1. The Morgan fingerprint density at radius 2 is 1.94 bits per heavy atom. The molecule has 3 aliphatic rings. The van der Waals surface area contributed by atoms with Gasteiger partial charge in [-0.25, -0.2) is 0 Å². The molecule has 0 radical (unpaired) electrons. The van der Waals surface area contributed by atoms with Gasteiger partial charge in [0.15, 0.2) is 5.78 Å². The molecule has 1 aromatic heterocycles. The zero-order valence-electron chi connectivity index (χ0n) is 10.1. The number of Topliss-reactive ketones (excluding diaryl/α,β-unsaturated/α-hetero) is 1. The summed E-state index contributed by atoms with van der Waals surface area (Å²) < 4.78 is 0. The Kier molecular flexibility index (Phi) is 1.84. The van der Waals surface area contributed by atoms with Crippen molar-refractivity contribution in [1.29, 1.82) is 0 Å². The molecule has 2 bridgehead atoms. The molecule has 88 valence electrons. The quantitative estimate of drug-likeness (QED) is 0.727. The molecule has 2 nitrogen and oxygen atoms in total. The average molecular weight is 227 g/mol. The number of hydrogen-bond acceptors (Lipinski definition) is 2. The lowest BCUT2D eigenvalue weighted by atomic mass is 9.96. The SMILES string of the molecule is Cc1cncc(C(=O)C2C3C4CCC(C4)C23)c1. The smallest absolute Gasteiger partial charge is 0.168 e. The first-order valence-corrected chi connectivity index (χ1v) is 6.71. The van der Waals surface area contributed by atoms with Crippen LogP contribution >= 0.6 is 0 Å². The minimum atomic E-state index is 0.352. The van der Waals surface area contributed by atoms with Gasteiger partial charge in [-0.15, -0.1) is 0 Å². The molecule has 2 heteroatoms. The van der Waals surface area contributed by atoms with Crippen LogP contribution in [0.5, 0.6) is 0 Å². The Labute approximate surface area is 101 Å². The maximum absolute atomic E-state index is 12.5. The fourth-order valence-electron chi connectivity index (χ4n) is 4.56. The molecule has 4 rings (SSSR count). The summed E-state index contributed by atoms with van der Waals surface area (Å²) in [6.07, 6.45) is 7.72. The van der Waals surface area contributed by atoms with Gasteiger partial charge in [-0.2, -0.15) is 0 Å². The summed E-state index contributed by atoms with van der Waals surface area (Å²) in [6, 6.07) is 1.99. The van der Waals surface area contributed by atoms with E-state index in [0.29, 0.717) is 11.7 Å². The number of fused-ring (bicyclic) bond motifs is 5. The molecule has 0 aromatic carbocycles. The van der Waals surface area contributed by atoms with Gasteiger partial charge in [0, 0.05) is 23.9 Å². The highest BCUT2D eigenvalue weighted by molar-refractivity contribution is 6.00. The zero-order valence-corrected chi connectivity index (χ0v) is 10.1. The highest BCUT2D eigenvalue weighted by Crippen LogP contribution is 2.69. The average Bonchev–Trinajstić information content (AvgIpc) is 2.76. The zero-order chi connectivity index (χ0) is 11.6. The lowest BCUT2D eigenvalue weighted by Gasteiger charge is -2.07. The van der Waals surface area contributed by atoms with Crippen LogP contribution in [0.3, 0.4) is 0 Å². The second kappa shape index (κ2) is 3.18. The van der Waals surface area contributed by atoms with Gasteiger partial charge in [0.1, 0.15) is 0 Å². The number of nitrogens with zero attached hydrogens (tertiary/aromatic N) is 1. The first-order chi connectivity index (χ1) is 8.25. The van der Waals surface area contributed by atoms with E-state index in [2.05, 4.69) is 4.98 Å². The monoisotopic (exact) mass is 227 g/mol. The van der Waals surface area contributed by atoms with Crippen LogP contribution < -0.4 is 0 Å². The summed E-state index contributed by atoms with van der Waals surface area (Å²) in [5, 5.41) is 0. The number of aryl methyl sites for hydroxylation is 1. The Balaban J connectivity index is 1.60. The van der Waals surface area contributed by atoms with Gasteiger partial charge in [0.2, 0.25) is 0 Å². The van der Waals surface area contributed by atoms with Crippen molar-refractivity contribution in [3.8, 4) is 0 Å². The summed E-state index contributed by atoms with van der Waals surface area (Å²) in [4.78, 5) is 16.6. The number of pyridine rings is 1. The van der Waals surface area contributed by atoms with Crippen LogP contribution in [0, 0.1) is 36.5 Å². The second-order valence-electron chi connectivity index (χ2n) is 6.13. The number of aromatic nitrogens is 1. The molecule has 1 heterocycles. The van der Waals surface area contributed by atoms with Crippen LogP contribution in [-0.2, 0) is 0 Å². The van der Waals surface area contributed by atoms with E-state index >= 15 is 0 Å². The Morgan fingerprint density at radius 3 is 2.59 bits per heavy atom. The number of rotatable bonds is 2. The van der Waals surface area contributed by atoms with Gasteiger partial charge in [-0.3, -0.25) is 9.78 Å². The van der Waals surface area contributed by atoms with E-state index in [1.54, 1.807) is 6.20 Å². The summed E-state index contributed by atoms with van der Waals surface area (Å²) in [7, 11) is 0. The molecule has 1 aromatic rings. The number of ketones is 1. The van der Waals surface area contributed by atoms with Gasteiger partial charge >= 0.3 is 0 Å². The third-order valence-corrected chi connectivity index (χ3v) is 5.20. The summed E-state index contributed by atoms with van der Waals surface area (Å²) in [5.74, 6) is 3.94. The van der Waals surface area contributed by atoms with E-state index in [1.807, 2.05) is 19.2 Å². The first kappa shape index (κ1) is 9.81. The fraction of sp³-hybridized carbons (Fsp3) is 0.600. The van der Waals surface area contributed by atoms with Crippen molar-refractivity contribution in [3.05, 3.63) is 29.6 Å². The van der Waals surface area contributed by atoms with Crippen molar-refractivity contribution in [2.24, 2.45) is 29.6 Å². The maximum atomic E-state index is 12.5. The van der Waals surface area contributed by atoms with Crippen molar-refractivity contribution in [1.82, 2.24) is 4.98 Å². The van der Waals surface area contributed by atoms with Crippen LogP contribution in [-0.4, -0.2) is 10.8 Å². The van der Waals surface area contributed by atoms with Crippen LogP contribution in [0.1, 0.15) is 35.2 Å². The molecule has 4 atom stereocenters. The van der Waals surface area contributed by atoms with E-state index in [4.69, 9.17) is 0 Å². The van der Waals surface area contributed by atoms with Crippen LogP contribution in [0.25, 0.3) is 0 Å². The fourth-order valence-corrected chi connectivity index (χ4v) is 4.56. The molecular formula is C15H17NO. The van der Waals surface area contributed by atoms with E-state index < -0.39 is 0 Å². The molecule has 17 heavy (non-hydrogen) atoms. The molecule has 3 fully saturated rings. The standard InChI is InChI=1S/C15H17NO/c1-8-4-11(7-16-6-8)15(17)14-12-9-2-3-10(5-9)13(12)14/h4,6-7,9-10,12-14H,2-3,5H2,1H3. The molecule has 0 aliphatic heterocycles. The van der Waals surface area contributed by atoms with Gasteiger partial charge in [0.25, 0.3) is 0 Å². The van der Waals surface area contributed by atoms with Crippen LogP contribution in [0.15, 0.2) is 18.5 Å². The summed E-state index contributed by atoms with van der Waals surface area (Å²) >= 11 is 0.